The maximum atomic E-state index is 13.1. The van der Waals surface area contributed by atoms with Crippen LogP contribution in [0, 0.1) is 12.8 Å². The van der Waals surface area contributed by atoms with Crippen LogP contribution in [0.25, 0.3) is 5.69 Å². The van der Waals surface area contributed by atoms with E-state index in [1.165, 1.54) is 9.70 Å². The van der Waals surface area contributed by atoms with Gasteiger partial charge in [0.2, 0.25) is 0 Å². The molecule has 1 saturated heterocycles. The summed E-state index contributed by atoms with van der Waals surface area (Å²) in [6.07, 6.45) is -0.828. The highest BCUT2D eigenvalue weighted by Gasteiger charge is 2.68. The first-order chi connectivity index (χ1) is 12.7. The highest BCUT2D eigenvalue weighted by atomic mass is 19.4. The van der Waals surface area contributed by atoms with Crippen molar-refractivity contribution in [1.29, 1.82) is 0 Å². The first-order valence-electron chi connectivity index (χ1n) is 8.44. The zero-order chi connectivity index (χ0) is 19.4. The van der Waals surface area contributed by atoms with Crippen LogP contribution in [-0.2, 0) is 7.05 Å². The summed E-state index contributed by atoms with van der Waals surface area (Å²) < 4.78 is 41.0. The number of likely N-dealkylation sites (tertiary alicyclic amines) is 1. The molecule has 0 aliphatic carbocycles. The van der Waals surface area contributed by atoms with Crippen molar-refractivity contribution in [2.45, 2.75) is 31.6 Å². The van der Waals surface area contributed by atoms with Crippen LogP contribution in [0.4, 0.5) is 13.2 Å². The number of hydrogen-bond donors (Lipinski definition) is 0. The topological polar surface area (TPSA) is 93.6 Å². The van der Waals surface area contributed by atoms with Crippen molar-refractivity contribution in [1.82, 2.24) is 29.7 Å². The molecule has 1 fully saturated rings. The van der Waals surface area contributed by atoms with E-state index in [4.69, 9.17) is 0 Å². The largest absolute Gasteiger partial charge is 0.437 e. The van der Waals surface area contributed by atoms with Gasteiger partial charge in [-0.05, 0) is 19.8 Å². The monoisotopic (exact) mass is 382 g/mol. The van der Waals surface area contributed by atoms with E-state index < -0.39 is 17.8 Å². The predicted octanol–water partition coefficient (Wildman–Crippen LogP) is 1.89. The lowest BCUT2D eigenvalue weighted by atomic mass is 9.86. The van der Waals surface area contributed by atoms with E-state index in [0.29, 0.717) is 11.4 Å². The Labute approximate surface area is 151 Å². The molecule has 0 aromatic carbocycles. The summed E-state index contributed by atoms with van der Waals surface area (Å²) in [5.74, 6) is -1.07. The number of carbonyl (C=O) groups excluding carboxylic acids is 1. The van der Waals surface area contributed by atoms with Gasteiger partial charge in [-0.1, -0.05) is 0 Å². The number of aromatic nitrogens is 5. The lowest BCUT2D eigenvalue weighted by molar-refractivity contribution is -0.179. The Morgan fingerprint density at radius 3 is 2.41 bits per heavy atom. The zero-order valence-electron chi connectivity index (χ0n) is 14.7. The fraction of sp³-hybridized carbons (Fsp3) is 0.600. The second-order valence-electron chi connectivity index (χ2n) is 6.79. The minimum atomic E-state index is -4.48. The first kappa shape index (κ1) is 17.6. The molecular weight excluding hydrogens is 365 g/mol. The van der Waals surface area contributed by atoms with E-state index in [1.807, 2.05) is 0 Å². The second kappa shape index (κ2) is 5.86. The summed E-state index contributed by atoms with van der Waals surface area (Å²) in [6.45, 7) is 2.07. The van der Waals surface area contributed by atoms with Crippen LogP contribution in [0.5, 0.6) is 0 Å². The Hall–Kier alpha value is -2.79. The van der Waals surface area contributed by atoms with E-state index in [-0.39, 0.29) is 37.5 Å². The first-order valence-corrected chi connectivity index (χ1v) is 8.44. The lowest BCUT2D eigenvalue weighted by Gasteiger charge is -2.34. The Morgan fingerprint density at radius 2 is 1.89 bits per heavy atom. The van der Waals surface area contributed by atoms with Gasteiger partial charge in [-0.2, -0.15) is 23.4 Å². The fourth-order valence-electron chi connectivity index (χ4n) is 3.40. The van der Waals surface area contributed by atoms with Crippen LogP contribution >= 0.6 is 0 Å². The summed E-state index contributed by atoms with van der Waals surface area (Å²) in [5.41, 5.74) is -1.02. The molecule has 12 heteroatoms. The molecular formula is C15H17F3N8O. The van der Waals surface area contributed by atoms with Crippen molar-refractivity contribution in [3.63, 3.8) is 0 Å². The molecule has 0 atom stereocenters. The van der Waals surface area contributed by atoms with Crippen molar-refractivity contribution in [3.8, 4) is 5.69 Å². The quantitative estimate of drug-likeness (QED) is 0.810. The van der Waals surface area contributed by atoms with Crippen LogP contribution in [-0.4, -0.2) is 60.5 Å². The molecule has 1 amide bonds. The van der Waals surface area contributed by atoms with Gasteiger partial charge >= 0.3 is 6.18 Å². The van der Waals surface area contributed by atoms with Crippen molar-refractivity contribution in [2.75, 3.05) is 13.1 Å². The van der Waals surface area contributed by atoms with Gasteiger partial charge in [0.05, 0.1) is 18.1 Å². The summed E-state index contributed by atoms with van der Waals surface area (Å²) in [7, 11) is 1.75. The molecule has 4 heterocycles. The Balaban J connectivity index is 1.45. The number of halogens is 3. The number of nitrogens with zero attached hydrogens (tertiary/aromatic N) is 8. The third-order valence-electron chi connectivity index (χ3n) is 4.99. The van der Waals surface area contributed by atoms with Gasteiger partial charge in [0.1, 0.15) is 5.69 Å². The molecule has 0 spiro atoms. The molecule has 2 aliphatic heterocycles. The maximum absolute atomic E-state index is 13.1. The maximum Gasteiger partial charge on any atom is 0.437 e. The molecule has 144 valence electrons. The highest BCUT2D eigenvalue weighted by Crippen LogP contribution is 2.52. The van der Waals surface area contributed by atoms with Crippen LogP contribution in [0.2, 0.25) is 0 Å². The molecule has 2 aromatic rings. The van der Waals surface area contributed by atoms with Gasteiger partial charge in [-0.3, -0.25) is 9.48 Å². The minimum Gasteiger partial charge on any atom is -0.337 e. The SMILES string of the molecule is Cc1nn(-c2cnn(C)c2)nc1C(=O)N1CCC(C2(C(F)(F)F)N=N2)CC1. The Kier molecular flexibility index (Phi) is 3.82. The number of aryl methyl sites for hydroxylation is 2. The smallest absolute Gasteiger partial charge is 0.337 e. The average Bonchev–Trinajstić information content (AvgIpc) is 3.21. The highest BCUT2D eigenvalue weighted by molar-refractivity contribution is 5.93. The van der Waals surface area contributed by atoms with Gasteiger partial charge < -0.3 is 4.90 Å². The van der Waals surface area contributed by atoms with Gasteiger partial charge in [0.15, 0.2) is 5.69 Å². The number of rotatable bonds is 3. The van der Waals surface area contributed by atoms with Gasteiger partial charge in [-0.25, -0.2) is 0 Å². The number of alkyl halides is 3. The van der Waals surface area contributed by atoms with E-state index in [2.05, 4.69) is 25.5 Å². The molecule has 0 radical (unpaired) electrons. The Morgan fingerprint density at radius 1 is 1.22 bits per heavy atom. The number of carbonyl (C=O) groups is 1. The third-order valence-corrected chi connectivity index (χ3v) is 4.99. The molecule has 0 N–H and O–H groups in total. The molecule has 0 saturated carbocycles. The zero-order valence-corrected chi connectivity index (χ0v) is 14.7. The van der Waals surface area contributed by atoms with Crippen molar-refractivity contribution in [3.05, 3.63) is 23.8 Å². The van der Waals surface area contributed by atoms with Crippen molar-refractivity contribution >= 4 is 5.91 Å². The normalized spacial score (nSPS) is 19.5. The number of piperidine rings is 1. The van der Waals surface area contributed by atoms with E-state index in [9.17, 15) is 18.0 Å². The van der Waals surface area contributed by atoms with E-state index >= 15 is 0 Å². The van der Waals surface area contributed by atoms with Gasteiger partial charge in [-0.15, -0.1) is 20.1 Å². The predicted molar refractivity (Wildman–Crippen MR) is 85.1 cm³/mol. The summed E-state index contributed by atoms with van der Waals surface area (Å²) >= 11 is 0. The number of hydrogen-bond acceptors (Lipinski definition) is 6. The molecule has 2 aromatic heterocycles. The van der Waals surface area contributed by atoms with Crippen LogP contribution in [0.3, 0.4) is 0 Å². The standard InChI is InChI=1S/C15H17F3N8O/c1-9-12(21-26(20-9)11-7-19-24(2)8-11)13(27)25-5-3-10(4-6-25)14(22-23-14)15(16,17)18/h7-8,10H,3-6H2,1-2H3. The molecule has 4 rings (SSSR count). The number of amides is 1. The lowest BCUT2D eigenvalue weighted by Crippen LogP contribution is -2.47. The molecule has 27 heavy (non-hydrogen) atoms. The summed E-state index contributed by atoms with van der Waals surface area (Å²) in [4.78, 5) is 15.6. The molecule has 0 unspecified atom stereocenters. The van der Waals surface area contributed by atoms with E-state index in [1.54, 1.807) is 31.0 Å². The van der Waals surface area contributed by atoms with Gasteiger partial charge in [0, 0.05) is 26.1 Å². The fourth-order valence-corrected chi connectivity index (χ4v) is 3.40. The average molecular weight is 382 g/mol. The molecule has 0 bridgehead atoms. The van der Waals surface area contributed by atoms with Crippen molar-refractivity contribution in [2.24, 2.45) is 23.2 Å². The second-order valence-corrected chi connectivity index (χ2v) is 6.79. The minimum absolute atomic E-state index is 0.184. The molecule has 2 aliphatic rings. The molecule has 9 nitrogen and oxygen atoms in total. The van der Waals surface area contributed by atoms with E-state index in [0.717, 1.165) is 0 Å². The summed E-state index contributed by atoms with van der Waals surface area (Å²) in [5, 5.41) is 19.0. The Bertz CT molecular complexity index is 901. The van der Waals surface area contributed by atoms with Crippen LogP contribution in [0.1, 0.15) is 29.0 Å². The summed E-state index contributed by atoms with van der Waals surface area (Å²) in [6, 6.07) is 0. The van der Waals surface area contributed by atoms with Gasteiger partial charge in [0.25, 0.3) is 11.6 Å². The van der Waals surface area contributed by atoms with Crippen molar-refractivity contribution < 1.29 is 18.0 Å². The van der Waals surface area contributed by atoms with Crippen LogP contribution < -0.4 is 0 Å². The third kappa shape index (κ3) is 2.88. The van der Waals surface area contributed by atoms with Crippen LogP contribution in [0.15, 0.2) is 22.6 Å².